The first-order chi connectivity index (χ1) is 7.42. The molecule has 2 aliphatic rings. The minimum atomic E-state index is 0.632. The second-order valence-electron chi connectivity index (χ2n) is 4.94. The Morgan fingerprint density at radius 3 is 2.33 bits per heavy atom. The Balaban J connectivity index is 1.48. The van der Waals surface area contributed by atoms with Crippen molar-refractivity contribution < 1.29 is 4.74 Å². The lowest BCUT2D eigenvalue weighted by Gasteiger charge is -2.16. The van der Waals surface area contributed by atoms with E-state index in [1.165, 1.54) is 32.2 Å². The average molecular weight is 212 g/mol. The van der Waals surface area contributed by atoms with Crippen LogP contribution in [-0.2, 0) is 4.74 Å². The van der Waals surface area contributed by atoms with E-state index in [0.717, 1.165) is 30.9 Å². The van der Waals surface area contributed by atoms with Gasteiger partial charge in [-0.1, -0.05) is 0 Å². The van der Waals surface area contributed by atoms with Gasteiger partial charge < -0.3 is 15.8 Å². The maximum absolute atomic E-state index is 5.34. The predicted octanol–water partition coefficient (Wildman–Crippen LogP) is 0.987. The van der Waals surface area contributed by atoms with Crippen molar-refractivity contribution in [1.82, 2.24) is 5.32 Å². The van der Waals surface area contributed by atoms with Gasteiger partial charge in [-0.15, -0.1) is 0 Å². The van der Waals surface area contributed by atoms with Gasteiger partial charge in [-0.3, -0.25) is 0 Å². The van der Waals surface area contributed by atoms with Crippen molar-refractivity contribution in [3.8, 4) is 0 Å². The van der Waals surface area contributed by atoms with Gasteiger partial charge in [0.1, 0.15) is 0 Å². The molecule has 0 radical (unpaired) electrons. The van der Waals surface area contributed by atoms with Gasteiger partial charge in [0.2, 0.25) is 0 Å². The normalized spacial score (nSPS) is 21.2. The summed E-state index contributed by atoms with van der Waals surface area (Å²) >= 11 is 0. The van der Waals surface area contributed by atoms with Gasteiger partial charge >= 0.3 is 0 Å². The Morgan fingerprint density at radius 1 is 1.13 bits per heavy atom. The zero-order valence-corrected chi connectivity index (χ0v) is 9.58. The van der Waals surface area contributed by atoms with Gasteiger partial charge in [0.25, 0.3) is 0 Å². The molecule has 0 aromatic rings. The lowest BCUT2D eigenvalue weighted by atomic mass is 9.98. The third-order valence-electron chi connectivity index (χ3n) is 3.52. The lowest BCUT2D eigenvalue weighted by Crippen LogP contribution is -2.29. The summed E-state index contributed by atoms with van der Waals surface area (Å²) in [7, 11) is 0. The van der Waals surface area contributed by atoms with Crippen LogP contribution in [0.15, 0.2) is 0 Å². The summed E-state index contributed by atoms with van der Waals surface area (Å²) < 4.78 is 5.33. The molecular formula is C12H24N2O. The van der Waals surface area contributed by atoms with Crippen molar-refractivity contribution in [2.75, 3.05) is 32.8 Å². The van der Waals surface area contributed by atoms with E-state index >= 15 is 0 Å². The van der Waals surface area contributed by atoms with E-state index in [1.54, 1.807) is 0 Å². The maximum Gasteiger partial charge on any atom is 0.0591 e. The molecule has 0 aromatic heterocycles. The molecule has 2 aliphatic carbocycles. The van der Waals surface area contributed by atoms with Crippen molar-refractivity contribution >= 4 is 0 Å². The highest BCUT2D eigenvalue weighted by Crippen LogP contribution is 2.48. The smallest absolute Gasteiger partial charge is 0.0591 e. The van der Waals surface area contributed by atoms with Crippen LogP contribution >= 0.6 is 0 Å². The van der Waals surface area contributed by atoms with Gasteiger partial charge in [0.05, 0.1) is 13.2 Å². The molecule has 0 aromatic carbocycles. The van der Waals surface area contributed by atoms with Crippen LogP contribution in [0, 0.1) is 17.8 Å². The van der Waals surface area contributed by atoms with Crippen LogP contribution in [-0.4, -0.2) is 32.8 Å². The van der Waals surface area contributed by atoms with Crippen molar-refractivity contribution in [2.24, 2.45) is 23.5 Å². The summed E-state index contributed by atoms with van der Waals surface area (Å²) in [6.07, 6.45) is 5.91. The van der Waals surface area contributed by atoms with Crippen LogP contribution in [0.25, 0.3) is 0 Å². The number of nitrogens with two attached hydrogens (primary N) is 1. The fourth-order valence-electron chi connectivity index (χ4n) is 2.37. The minimum Gasteiger partial charge on any atom is -0.379 e. The van der Waals surface area contributed by atoms with E-state index < -0.39 is 0 Å². The highest BCUT2D eigenvalue weighted by Gasteiger charge is 2.40. The molecule has 3 N–H and O–H groups in total. The number of hydrogen-bond acceptors (Lipinski definition) is 3. The van der Waals surface area contributed by atoms with Crippen LogP contribution < -0.4 is 11.1 Å². The van der Waals surface area contributed by atoms with Gasteiger partial charge in [-0.2, -0.15) is 0 Å². The zero-order valence-electron chi connectivity index (χ0n) is 9.58. The fourth-order valence-corrected chi connectivity index (χ4v) is 2.37. The number of ether oxygens (including phenoxy) is 1. The first-order valence-electron chi connectivity index (χ1n) is 6.40. The molecule has 0 atom stereocenters. The molecular weight excluding hydrogens is 188 g/mol. The molecule has 88 valence electrons. The minimum absolute atomic E-state index is 0.632. The summed E-state index contributed by atoms with van der Waals surface area (Å²) in [5.41, 5.74) is 5.34. The van der Waals surface area contributed by atoms with Crippen molar-refractivity contribution in [1.29, 1.82) is 0 Å². The molecule has 0 amide bonds. The summed E-state index contributed by atoms with van der Waals surface area (Å²) in [5, 5.41) is 3.52. The standard InChI is InChI=1S/C12H24N2O/c13-5-7-15-8-6-14-9-12(10-1-2-10)11-3-4-11/h10-12,14H,1-9,13H2. The van der Waals surface area contributed by atoms with E-state index in [4.69, 9.17) is 10.5 Å². The topological polar surface area (TPSA) is 47.3 Å². The second kappa shape index (κ2) is 5.83. The zero-order chi connectivity index (χ0) is 10.5. The third kappa shape index (κ3) is 4.09. The van der Waals surface area contributed by atoms with E-state index in [1.807, 2.05) is 0 Å². The van der Waals surface area contributed by atoms with E-state index in [-0.39, 0.29) is 0 Å². The Kier molecular flexibility index (Phi) is 4.42. The highest BCUT2D eigenvalue weighted by molar-refractivity contribution is 4.92. The van der Waals surface area contributed by atoms with Crippen LogP contribution in [0.1, 0.15) is 25.7 Å². The second-order valence-corrected chi connectivity index (χ2v) is 4.94. The van der Waals surface area contributed by atoms with E-state index in [2.05, 4.69) is 5.32 Å². The van der Waals surface area contributed by atoms with Crippen LogP contribution in [0.5, 0.6) is 0 Å². The Labute approximate surface area is 92.7 Å². The lowest BCUT2D eigenvalue weighted by molar-refractivity contribution is 0.141. The van der Waals surface area contributed by atoms with Gasteiger partial charge in [-0.05, 0) is 50.0 Å². The highest BCUT2D eigenvalue weighted by atomic mass is 16.5. The molecule has 2 saturated carbocycles. The Hall–Kier alpha value is -0.120. The van der Waals surface area contributed by atoms with Crippen molar-refractivity contribution in [3.63, 3.8) is 0 Å². The molecule has 0 saturated heterocycles. The quantitative estimate of drug-likeness (QED) is 0.560. The van der Waals surface area contributed by atoms with E-state index in [9.17, 15) is 0 Å². The summed E-state index contributed by atoms with van der Waals surface area (Å²) in [6.45, 7) is 4.32. The summed E-state index contributed by atoms with van der Waals surface area (Å²) in [4.78, 5) is 0. The Bertz CT molecular complexity index is 166. The van der Waals surface area contributed by atoms with Gasteiger partial charge in [-0.25, -0.2) is 0 Å². The first-order valence-corrected chi connectivity index (χ1v) is 6.40. The number of rotatable bonds is 9. The molecule has 2 fully saturated rings. The van der Waals surface area contributed by atoms with Crippen LogP contribution in [0.4, 0.5) is 0 Å². The van der Waals surface area contributed by atoms with Crippen LogP contribution in [0.2, 0.25) is 0 Å². The molecule has 0 aliphatic heterocycles. The SMILES string of the molecule is NCCOCCNCC(C1CC1)C1CC1. The van der Waals surface area contributed by atoms with Crippen molar-refractivity contribution in [2.45, 2.75) is 25.7 Å². The van der Waals surface area contributed by atoms with E-state index in [0.29, 0.717) is 13.2 Å². The predicted molar refractivity (Wildman–Crippen MR) is 61.7 cm³/mol. The summed E-state index contributed by atoms with van der Waals surface area (Å²) in [5.74, 6) is 3.07. The molecule has 0 heterocycles. The Morgan fingerprint density at radius 2 is 1.80 bits per heavy atom. The fraction of sp³-hybridized carbons (Fsp3) is 1.00. The molecule has 3 nitrogen and oxygen atoms in total. The van der Waals surface area contributed by atoms with Crippen molar-refractivity contribution in [3.05, 3.63) is 0 Å². The number of nitrogens with one attached hydrogen (secondary N) is 1. The molecule has 0 bridgehead atoms. The molecule has 3 heteroatoms. The maximum atomic E-state index is 5.34. The first kappa shape index (κ1) is 11.4. The third-order valence-corrected chi connectivity index (χ3v) is 3.52. The average Bonchev–Trinajstić information content (AvgIpc) is 3.09. The molecule has 0 unspecified atom stereocenters. The van der Waals surface area contributed by atoms with Gasteiger partial charge in [0.15, 0.2) is 0 Å². The van der Waals surface area contributed by atoms with Crippen LogP contribution in [0.3, 0.4) is 0 Å². The monoisotopic (exact) mass is 212 g/mol. The molecule has 2 rings (SSSR count). The molecule has 0 spiro atoms. The largest absolute Gasteiger partial charge is 0.379 e. The summed E-state index contributed by atoms with van der Waals surface area (Å²) in [6, 6.07) is 0. The number of hydrogen-bond donors (Lipinski definition) is 2. The molecule has 15 heavy (non-hydrogen) atoms. The van der Waals surface area contributed by atoms with Gasteiger partial charge in [0, 0.05) is 13.1 Å².